The van der Waals surface area contributed by atoms with E-state index in [2.05, 4.69) is 0 Å². The lowest BCUT2D eigenvalue weighted by atomic mass is 9.75. The molecule has 2 aliphatic rings. The zero-order valence-corrected chi connectivity index (χ0v) is 7.13. The van der Waals surface area contributed by atoms with Crippen LogP contribution in [-0.2, 0) is 0 Å². The Morgan fingerprint density at radius 1 is 1.00 bits per heavy atom. The van der Waals surface area contributed by atoms with Crippen LogP contribution in [0.15, 0.2) is 0 Å². The Morgan fingerprint density at radius 3 is 2.55 bits per heavy atom. The van der Waals surface area contributed by atoms with E-state index >= 15 is 0 Å². The molecule has 0 aromatic rings. The zero-order valence-electron chi connectivity index (χ0n) is 7.13. The van der Waals surface area contributed by atoms with Crippen molar-refractivity contribution in [2.75, 3.05) is 13.1 Å². The monoisotopic (exact) mass is 154 g/mol. The molecule has 0 radical (unpaired) electrons. The Bertz CT molecular complexity index is 136. The van der Waals surface area contributed by atoms with Gasteiger partial charge >= 0.3 is 0 Å². The molecule has 2 fully saturated rings. The van der Waals surface area contributed by atoms with Crippen LogP contribution in [0, 0.1) is 11.8 Å². The molecule has 2 nitrogen and oxygen atoms in total. The number of nitrogens with two attached hydrogens (primary N) is 1. The van der Waals surface area contributed by atoms with Crippen molar-refractivity contribution in [2.45, 2.75) is 32.1 Å². The molecule has 2 atom stereocenters. The molecule has 1 saturated carbocycles. The van der Waals surface area contributed by atoms with E-state index in [1.54, 1.807) is 0 Å². The largest absolute Gasteiger partial charge is 0.269 e. The van der Waals surface area contributed by atoms with Gasteiger partial charge in [-0.3, -0.25) is 5.84 Å². The minimum absolute atomic E-state index is 0.933. The highest BCUT2D eigenvalue weighted by Gasteiger charge is 2.29. The first-order valence-corrected chi connectivity index (χ1v) is 4.86. The summed E-state index contributed by atoms with van der Waals surface area (Å²) in [6.07, 6.45) is 7.15. The van der Waals surface area contributed by atoms with Crippen LogP contribution in [0.5, 0.6) is 0 Å². The molecular formula is C9H18N2. The topological polar surface area (TPSA) is 29.3 Å². The number of hydrogen-bond acceptors (Lipinski definition) is 2. The molecule has 0 amide bonds. The van der Waals surface area contributed by atoms with Gasteiger partial charge in [-0.05, 0) is 24.7 Å². The minimum atomic E-state index is 0.933. The van der Waals surface area contributed by atoms with Crippen molar-refractivity contribution < 1.29 is 0 Å². The average molecular weight is 154 g/mol. The van der Waals surface area contributed by atoms with Crippen molar-refractivity contribution in [3.8, 4) is 0 Å². The fraction of sp³-hybridized carbons (Fsp3) is 1.00. The summed E-state index contributed by atoms with van der Waals surface area (Å²) < 4.78 is 0. The molecule has 1 saturated heterocycles. The van der Waals surface area contributed by atoms with Gasteiger partial charge in [-0.15, -0.1) is 0 Å². The molecule has 2 N–H and O–H groups in total. The van der Waals surface area contributed by atoms with E-state index in [0.717, 1.165) is 24.9 Å². The van der Waals surface area contributed by atoms with Gasteiger partial charge in [0.15, 0.2) is 0 Å². The first kappa shape index (κ1) is 7.56. The minimum Gasteiger partial charge on any atom is -0.269 e. The Morgan fingerprint density at radius 2 is 1.73 bits per heavy atom. The highest BCUT2D eigenvalue weighted by atomic mass is 15.4. The Balaban J connectivity index is 1.93. The lowest BCUT2D eigenvalue weighted by molar-refractivity contribution is 0.0874. The van der Waals surface area contributed by atoms with E-state index in [4.69, 9.17) is 5.84 Å². The van der Waals surface area contributed by atoms with Crippen LogP contribution >= 0.6 is 0 Å². The summed E-state index contributed by atoms with van der Waals surface area (Å²) in [5.74, 6) is 7.73. The molecule has 64 valence electrons. The predicted molar refractivity (Wildman–Crippen MR) is 45.8 cm³/mol. The summed E-state index contributed by atoms with van der Waals surface area (Å²) in [6, 6.07) is 0. The maximum atomic E-state index is 5.78. The van der Waals surface area contributed by atoms with E-state index in [-0.39, 0.29) is 0 Å². The number of nitrogens with zero attached hydrogens (tertiary/aromatic N) is 1. The summed E-state index contributed by atoms with van der Waals surface area (Å²) >= 11 is 0. The molecule has 0 aromatic heterocycles. The molecule has 1 heterocycles. The van der Waals surface area contributed by atoms with Crippen LogP contribution < -0.4 is 5.84 Å². The molecule has 1 aliphatic heterocycles. The lowest BCUT2D eigenvalue weighted by Crippen LogP contribution is -2.45. The highest BCUT2D eigenvalue weighted by Crippen LogP contribution is 2.34. The van der Waals surface area contributed by atoms with Crippen molar-refractivity contribution in [3.63, 3.8) is 0 Å². The number of hydrazine groups is 1. The molecule has 0 spiro atoms. The van der Waals surface area contributed by atoms with Gasteiger partial charge < -0.3 is 0 Å². The summed E-state index contributed by atoms with van der Waals surface area (Å²) in [6.45, 7) is 2.28. The molecule has 0 aromatic carbocycles. The van der Waals surface area contributed by atoms with Gasteiger partial charge in [0.25, 0.3) is 0 Å². The smallest absolute Gasteiger partial charge is 0.0159 e. The Kier molecular flexibility index (Phi) is 2.14. The fourth-order valence-corrected chi connectivity index (χ4v) is 2.63. The number of fused-ring (bicyclic) bond motifs is 1. The highest BCUT2D eigenvalue weighted by molar-refractivity contribution is 4.81. The summed E-state index contributed by atoms with van der Waals surface area (Å²) in [4.78, 5) is 0. The van der Waals surface area contributed by atoms with Gasteiger partial charge in [-0.1, -0.05) is 19.3 Å². The first-order chi connectivity index (χ1) is 5.36. The maximum Gasteiger partial charge on any atom is 0.0159 e. The third kappa shape index (κ3) is 1.57. The van der Waals surface area contributed by atoms with Crippen LogP contribution in [0.2, 0.25) is 0 Å². The van der Waals surface area contributed by atoms with E-state index < -0.39 is 0 Å². The molecule has 2 rings (SSSR count). The maximum absolute atomic E-state index is 5.78. The van der Waals surface area contributed by atoms with Crippen molar-refractivity contribution in [3.05, 3.63) is 0 Å². The molecular weight excluding hydrogens is 136 g/mol. The second-order valence-electron chi connectivity index (χ2n) is 4.09. The fourth-order valence-electron chi connectivity index (χ4n) is 2.63. The molecule has 1 aliphatic carbocycles. The number of piperidine rings is 1. The van der Waals surface area contributed by atoms with Crippen LogP contribution in [0.1, 0.15) is 32.1 Å². The molecule has 0 unspecified atom stereocenters. The van der Waals surface area contributed by atoms with Crippen molar-refractivity contribution >= 4 is 0 Å². The van der Waals surface area contributed by atoms with Crippen molar-refractivity contribution in [1.82, 2.24) is 5.01 Å². The van der Waals surface area contributed by atoms with Crippen LogP contribution in [-0.4, -0.2) is 18.1 Å². The number of hydrogen-bond donors (Lipinski definition) is 1. The van der Waals surface area contributed by atoms with Gasteiger partial charge in [-0.25, -0.2) is 5.01 Å². The quantitative estimate of drug-likeness (QED) is 0.534. The lowest BCUT2D eigenvalue weighted by Gasteiger charge is -2.39. The average Bonchev–Trinajstić information content (AvgIpc) is 2.04. The summed E-state index contributed by atoms with van der Waals surface area (Å²) in [7, 11) is 0. The SMILES string of the molecule is NN1CC[C@H]2CCCC[C@H]2C1. The van der Waals surface area contributed by atoms with E-state index in [1.807, 2.05) is 5.01 Å². The third-order valence-corrected chi connectivity index (χ3v) is 3.32. The van der Waals surface area contributed by atoms with Crippen LogP contribution in [0.3, 0.4) is 0 Å². The van der Waals surface area contributed by atoms with Crippen LogP contribution in [0.4, 0.5) is 0 Å². The zero-order chi connectivity index (χ0) is 7.68. The molecule has 2 heteroatoms. The van der Waals surface area contributed by atoms with Gasteiger partial charge in [0.2, 0.25) is 0 Å². The van der Waals surface area contributed by atoms with Gasteiger partial charge in [-0.2, -0.15) is 0 Å². The summed E-state index contributed by atoms with van der Waals surface area (Å²) in [5, 5.41) is 2.01. The van der Waals surface area contributed by atoms with Gasteiger partial charge in [0.05, 0.1) is 0 Å². The Hall–Kier alpha value is -0.0800. The Labute approximate surface area is 68.7 Å². The number of rotatable bonds is 0. The first-order valence-electron chi connectivity index (χ1n) is 4.86. The molecule has 11 heavy (non-hydrogen) atoms. The van der Waals surface area contributed by atoms with E-state index in [9.17, 15) is 0 Å². The van der Waals surface area contributed by atoms with Gasteiger partial charge in [0, 0.05) is 13.1 Å². The predicted octanol–water partition coefficient (Wildman–Crippen LogP) is 1.37. The molecule has 0 bridgehead atoms. The van der Waals surface area contributed by atoms with E-state index in [0.29, 0.717) is 0 Å². The van der Waals surface area contributed by atoms with Crippen LogP contribution in [0.25, 0.3) is 0 Å². The normalized spacial score (nSPS) is 40.1. The van der Waals surface area contributed by atoms with Crippen molar-refractivity contribution in [2.24, 2.45) is 17.7 Å². The standard InChI is InChI=1S/C9H18N2/c10-11-6-5-8-3-1-2-4-9(8)7-11/h8-9H,1-7,10H2/t8-,9+/m1/s1. The van der Waals surface area contributed by atoms with E-state index in [1.165, 1.54) is 32.1 Å². The van der Waals surface area contributed by atoms with Crippen molar-refractivity contribution in [1.29, 1.82) is 0 Å². The summed E-state index contributed by atoms with van der Waals surface area (Å²) in [5.41, 5.74) is 0. The van der Waals surface area contributed by atoms with Gasteiger partial charge in [0.1, 0.15) is 0 Å². The third-order valence-electron chi connectivity index (χ3n) is 3.32. The second kappa shape index (κ2) is 3.11. The second-order valence-corrected chi connectivity index (χ2v) is 4.09.